The zero-order chi connectivity index (χ0) is 11.5. The summed E-state index contributed by atoms with van der Waals surface area (Å²) >= 11 is 1.76. The highest BCUT2D eigenvalue weighted by molar-refractivity contribution is 7.14. The van der Waals surface area contributed by atoms with Crippen LogP contribution in [0, 0.1) is 0 Å². The summed E-state index contributed by atoms with van der Waals surface area (Å²) in [6.45, 7) is 0. The average molecular weight is 237 g/mol. The van der Waals surface area contributed by atoms with Crippen LogP contribution in [-0.4, -0.2) is 4.98 Å². The first kappa shape index (κ1) is 10.2. The summed E-state index contributed by atoms with van der Waals surface area (Å²) in [5.41, 5.74) is 3.72. The Hall–Kier alpha value is -1.93. The second-order valence-electron chi connectivity index (χ2n) is 3.81. The molecule has 0 atom stereocenters. The van der Waals surface area contributed by atoms with Crippen LogP contribution in [0.15, 0.2) is 66.3 Å². The molecule has 0 saturated heterocycles. The molecule has 2 heteroatoms. The Morgan fingerprint density at radius 1 is 0.824 bits per heavy atom. The van der Waals surface area contributed by atoms with Gasteiger partial charge in [-0.3, -0.25) is 4.98 Å². The molecule has 0 saturated carbocycles. The van der Waals surface area contributed by atoms with E-state index in [4.69, 9.17) is 0 Å². The molecule has 0 amide bonds. The molecular formula is C15H11NS. The molecule has 0 aliphatic heterocycles. The van der Waals surface area contributed by atoms with Crippen molar-refractivity contribution in [2.75, 3.05) is 0 Å². The minimum atomic E-state index is 1.18. The third kappa shape index (κ3) is 2.12. The Morgan fingerprint density at radius 3 is 2.41 bits per heavy atom. The molecule has 0 bridgehead atoms. The van der Waals surface area contributed by atoms with Gasteiger partial charge in [-0.25, -0.2) is 0 Å². The molecule has 2 heterocycles. The zero-order valence-electron chi connectivity index (χ0n) is 9.21. The van der Waals surface area contributed by atoms with Crippen LogP contribution in [0.3, 0.4) is 0 Å². The van der Waals surface area contributed by atoms with Gasteiger partial charge in [0.25, 0.3) is 0 Å². The average Bonchev–Trinajstić information content (AvgIpc) is 2.90. The van der Waals surface area contributed by atoms with E-state index in [1.165, 1.54) is 21.6 Å². The van der Waals surface area contributed by atoms with Crippen LogP contribution in [0.2, 0.25) is 0 Å². The fraction of sp³-hybridized carbons (Fsp3) is 0. The van der Waals surface area contributed by atoms with Gasteiger partial charge in [0.15, 0.2) is 0 Å². The van der Waals surface area contributed by atoms with E-state index in [2.05, 4.69) is 46.8 Å². The molecule has 0 spiro atoms. The molecule has 3 rings (SSSR count). The minimum absolute atomic E-state index is 1.18. The second kappa shape index (κ2) is 4.52. The third-order valence-electron chi connectivity index (χ3n) is 2.65. The predicted octanol–water partition coefficient (Wildman–Crippen LogP) is 4.48. The molecule has 3 aromatic rings. The quantitative estimate of drug-likeness (QED) is 0.640. The van der Waals surface area contributed by atoms with Gasteiger partial charge in [0.2, 0.25) is 0 Å². The molecule has 0 radical (unpaired) electrons. The van der Waals surface area contributed by atoms with Gasteiger partial charge in [-0.05, 0) is 28.6 Å². The number of rotatable bonds is 2. The van der Waals surface area contributed by atoms with E-state index in [0.717, 1.165) is 0 Å². The topological polar surface area (TPSA) is 12.9 Å². The number of hydrogen-bond acceptors (Lipinski definition) is 2. The van der Waals surface area contributed by atoms with Crippen LogP contribution in [-0.2, 0) is 0 Å². The van der Waals surface area contributed by atoms with Crippen LogP contribution in [0.5, 0.6) is 0 Å². The summed E-state index contributed by atoms with van der Waals surface area (Å²) in [6, 6.07) is 16.7. The molecule has 1 nitrogen and oxygen atoms in total. The van der Waals surface area contributed by atoms with Gasteiger partial charge in [-0.2, -0.15) is 0 Å². The smallest absolute Gasteiger partial charge is 0.0364 e. The van der Waals surface area contributed by atoms with Gasteiger partial charge in [-0.1, -0.05) is 36.4 Å². The van der Waals surface area contributed by atoms with Crippen molar-refractivity contribution in [2.45, 2.75) is 0 Å². The van der Waals surface area contributed by atoms with Crippen molar-refractivity contribution < 1.29 is 0 Å². The maximum absolute atomic E-state index is 4.15. The maximum Gasteiger partial charge on any atom is 0.0364 e. The molecule has 0 aliphatic carbocycles. The van der Waals surface area contributed by atoms with Gasteiger partial charge in [0.1, 0.15) is 0 Å². The van der Waals surface area contributed by atoms with Crippen molar-refractivity contribution in [1.29, 1.82) is 0 Å². The lowest BCUT2D eigenvalue weighted by Crippen LogP contribution is -1.74. The number of thiophene rings is 1. The summed E-state index contributed by atoms with van der Waals surface area (Å²) in [4.78, 5) is 5.41. The molecule has 17 heavy (non-hydrogen) atoms. The van der Waals surface area contributed by atoms with Crippen LogP contribution < -0.4 is 0 Å². The molecule has 0 fully saturated rings. The van der Waals surface area contributed by atoms with Crippen molar-refractivity contribution in [3.05, 3.63) is 66.3 Å². The van der Waals surface area contributed by atoms with Crippen molar-refractivity contribution in [3.8, 4) is 21.6 Å². The minimum Gasteiger partial charge on any atom is -0.264 e. The van der Waals surface area contributed by atoms with Crippen molar-refractivity contribution >= 4 is 11.3 Å². The Morgan fingerprint density at radius 2 is 1.65 bits per heavy atom. The van der Waals surface area contributed by atoms with E-state index in [9.17, 15) is 0 Å². The normalized spacial score (nSPS) is 10.4. The van der Waals surface area contributed by atoms with Crippen LogP contribution in [0.25, 0.3) is 21.6 Å². The number of hydrogen-bond donors (Lipinski definition) is 0. The lowest BCUT2D eigenvalue weighted by atomic mass is 10.1. The largest absolute Gasteiger partial charge is 0.264 e. The Labute approximate surface area is 104 Å². The summed E-state index contributed by atoms with van der Waals surface area (Å²) in [5, 5.41) is 2.19. The van der Waals surface area contributed by atoms with E-state index in [1.54, 1.807) is 17.5 Å². The number of aromatic nitrogens is 1. The van der Waals surface area contributed by atoms with Crippen molar-refractivity contribution in [2.24, 2.45) is 0 Å². The van der Waals surface area contributed by atoms with Crippen molar-refractivity contribution in [1.82, 2.24) is 4.98 Å². The summed E-state index contributed by atoms with van der Waals surface area (Å²) < 4.78 is 0. The summed E-state index contributed by atoms with van der Waals surface area (Å²) in [5.74, 6) is 0. The SMILES string of the molecule is c1ccc(-c2csc(-c3cccnc3)c2)cc1. The molecular weight excluding hydrogens is 226 g/mol. The van der Waals surface area contributed by atoms with Gasteiger partial charge in [0.05, 0.1) is 0 Å². The number of pyridine rings is 1. The van der Waals surface area contributed by atoms with E-state index < -0.39 is 0 Å². The van der Waals surface area contributed by atoms with E-state index in [1.807, 2.05) is 18.3 Å². The molecule has 2 aromatic heterocycles. The Balaban J connectivity index is 1.99. The molecule has 0 aliphatic rings. The second-order valence-corrected chi connectivity index (χ2v) is 4.72. The van der Waals surface area contributed by atoms with Gasteiger partial charge in [0, 0.05) is 22.8 Å². The molecule has 0 N–H and O–H groups in total. The Bertz CT molecular complexity index is 545. The molecule has 1 aromatic carbocycles. The fourth-order valence-electron chi connectivity index (χ4n) is 1.78. The number of benzene rings is 1. The van der Waals surface area contributed by atoms with Crippen molar-refractivity contribution in [3.63, 3.8) is 0 Å². The lowest BCUT2D eigenvalue weighted by molar-refractivity contribution is 1.33. The van der Waals surface area contributed by atoms with Gasteiger partial charge >= 0.3 is 0 Å². The Kier molecular flexibility index (Phi) is 2.72. The first-order valence-electron chi connectivity index (χ1n) is 5.48. The zero-order valence-corrected chi connectivity index (χ0v) is 10.0. The van der Waals surface area contributed by atoms with E-state index in [-0.39, 0.29) is 0 Å². The van der Waals surface area contributed by atoms with E-state index in [0.29, 0.717) is 0 Å². The summed E-state index contributed by atoms with van der Waals surface area (Å²) in [6.07, 6.45) is 3.70. The van der Waals surface area contributed by atoms with E-state index >= 15 is 0 Å². The first-order chi connectivity index (χ1) is 8.43. The van der Waals surface area contributed by atoms with Crippen LogP contribution in [0.4, 0.5) is 0 Å². The lowest BCUT2D eigenvalue weighted by Gasteiger charge is -1.96. The van der Waals surface area contributed by atoms with Crippen LogP contribution in [0.1, 0.15) is 0 Å². The number of nitrogens with zero attached hydrogens (tertiary/aromatic N) is 1. The van der Waals surface area contributed by atoms with Gasteiger partial charge < -0.3 is 0 Å². The predicted molar refractivity (Wildman–Crippen MR) is 73.0 cm³/mol. The fourth-order valence-corrected chi connectivity index (χ4v) is 2.69. The van der Waals surface area contributed by atoms with Crippen LogP contribution >= 0.6 is 11.3 Å². The monoisotopic (exact) mass is 237 g/mol. The highest BCUT2D eigenvalue weighted by Crippen LogP contribution is 2.31. The standard InChI is InChI=1S/C15H11NS/c1-2-5-12(6-3-1)14-9-15(17-11-14)13-7-4-8-16-10-13/h1-11H. The third-order valence-corrected chi connectivity index (χ3v) is 3.63. The first-order valence-corrected chi connectivity index (χ1v) is 6.36. The highest BCUT2D eigenvalue weighted by Gasteiger charge is 2.03. The molecule has 82 valence electrons. The highest BCUT2D eigenvalue weighted by atomic mass is 32.1. The molecule has 0 unspecified atom stereocenters. The van der Waals surface area contributed by atoms with Gasteiger partial charge in [-0.15, -0.1) is 11.3 Å². The summed E-state index contributed by atoms with van der Waals surface area (Å²) in [7, 11) is 0. The maximum atomic E-state index is 4.15.